The Hall–Kier alpha value is -1.92. The highest BCUT2D eigenvalue weighted by atomic mass is 32.1. The molecule has 0 saturated carbocycles. The van der Waals surface area contributed by atoms with Crippen LogP contribution < -0.4 is 0 Å². The van der Waals surface area contributed by atoms with Crippen LogP contribution in [0.5, 0.6) is 0 Å². The van der Waals surface area contributed by atoms with Gasteiger partial charge in [0, 0.05) is 15.8 Å². The van der Waals surface area contributed by atoms with Crippen molar-refractivity contribution in [3.8, 4) is 6.07 Å². The zero-order valence-corrected chi connectivity index (χ0v) is 9.54. The van der Waals surface area contributed by atoms with E-state index in [1.807, 2.05) is 25.1 Å². The first-order valence-corrected chi connectivity index (χ1v) is 5.70. The molecule has 0 spiro atoms. The smallest absolute Gasteiger partial charge is 0.195 e. The molecule has 2 nitrogen and oxygen atoms in total. The van der Waals surface area contributed by atoms with Crippen LogP contribution in [-0.4, -0.2) is 5.78 Å². The van der Waals surface area contributed by atoms with Gasteiger partial charge in [-0.3, -0.25) is 4.79 Å². The van der Waals surface area contributed by atoms with Crippen molar-refractivity contribution < 1.29 is 4.79 Å². The summed E-state index contributed by atoms with van der Waals surface area (Å²) in [7, 11) is 0. The standard InChI is InChI=1S/C13H9NOS/c1-9-11(7-14)12(8-16-9)13(15)10-5-3-2-4-6-10/h2-6,8H,1H3. The van der Waals surface area contributed by atoms with Crippen LogP contribution in [0.3, 0.4) is 0 Å². The van der Waals surface area contributed by atoms with Gasteiger partial charge in [0.05, 0.1) is 11.1 Å². The topological polar surface area (TPSA) is 40.9 Å². The fraction of sp³-hybridized carbons (Fsp3) is 0.0769. The molecule has 16 heavy (non-hydrogen) atoms. The molecule has 0 atom stereocenters. The Morgan fingerprint density at radius 3 is 2.62 bits per heavy atom. The van der Waals surface area contributed by atoms with Gasteiger partial charge < -0.3 is 0 Å². The number of nitriles is 1. The number of rotatable bonds is 2. The Morgan fingerprint density at radius 1 is 1.31 bits per heavy atom. The van der Waals surface area contributed by atoms with Gasteiger partial charge in [0.2, 0.25) is 0 Å². The largest absolute Gasteiger partial charge is 0.289 e. The van der Waals surface area contributed by atoms with Gasteiger partial charge in [0.1, 0.15) is 6.07 Å². The van der Waals surface area contributed by atoms with E-state index in [2.05, 4.69) is 6.07 Å². The van der Waals surface area contributed by atoms with E-state index in [0.29, 0.717) is 16.7 Å². The minimum Gasteiger partial charge on any atom is -0.289 e. The molecule has 1 heterocycles. The monoisotopic (exact) mass is 227 g/mol. The summed E-state index contributed by atoms with van der Waals surface area (Å²) < 4.78 is 0. The molecule has 0 unspecified atom stereocenters. The molecule has 2 rings (SSSR count). The van der Waals surface area contributed by atoms with Gasteiger partial charge in [0.15, 0.2) is 5.78 Å². The third-order valence-corrected chi connectivity index (χ3v) is 3.28. The second kappa shape index (κ2) is 4.30. The molecule has 0 fully saturated rings. The minimum absolute atomic E-state index is 0.0819. The highest BCUT2D eigenvalue weighted by Crippen LogP contribution is 2.23. The van der Waals surface area contributed by atoms with Crippen molar-refractivity contribution in [1.82, 2.24) is 0 Å². The lowest BCUT2D eigenvalue weighted by molar-refractivity contribution is 0.103. The number of hydrogen-bond acceptors (Lipinski definition) is 3. The van der Waals surface area contributed by atoms with E-state index < -0.39 is 0 Å². The molecule has 0 amide bonds. The first-order valence-electron chi connectivity index (χ1n) is 4.82. The van der Waals surface area contributed by atoms with Crippen molar-refractivity contribution in [1.29, 1.82) is 5.26 Å². The lowest BCUT2D eigenvalue weighted by atomic mass is 10.0. The van der Waals surface area contributed by atoms with Crippen molar-refractivity contribution >= 4 is 17.1 Å². The highest BCUT2D eigenvalue weighted by molar-refractivity contribution is 7.10. The van der Waals surface area contributed by atoms with Crippen LogP contribution >= 0.6 is 11.3 Å². The highest BCUT2D eigenvalue weighted by Gasteiger charge is 2.16. The van der Waals surface area contributed by atoms with Gasteiger partial charge in [-0.1, -0.05) is 30.3 Å². The number of aryl methyl sites for hydroxylation is 1. The maximum absolute atomic E-state index is 12.1. The second-order valence-corrected chi connectivity index (χ2v) is 4.47. The van der Waals surface area contributed by atoms with E-state index in [0.717, 1.165) is 4.88 Å². The SMILES string of the molecule is Cc1scc(C(=O)c2ccccc2)c1C#N. The predicted molar refractivity (Wildman–Crippen MR) is 63.6 cm³/mol. The third-order valence-electron chi connectivity index (χ3n) is 2.37. The number of carbonyl (C=O) groups excluding carboxylic acids is 1. The zero-order chi connectivity index (χ0) is 11.5. The molecule has 1 aromatic carbocycles. The normalized spacial score (nSPS) is 9.75. The summed E-state index contributed by atoms with van der Waals surface area (Å²) in [6, 6.07) is 11.1. The van der Waals surface area contributed by atoms with Crippen molar-refractivity contribution in [3.63, 3.8) is 0 Å². The third kappa shape index (κ3) is 1.75. The molecular weight excluding hydrogens is 218 g/mol. The van der Waals surface area contributed by atoms with E-state index in [9.17, 15) is 4.79 Å². The first kappa shape index (κ1) is 10.6. The average molecular weight is 227 g/mol. The Labute approximate surface area is 97.8 Å². The van der Waals surface area contributed by atoms with Gasteiger partial charge in [-0.15, -0.1) is 11.3 Å². The van der Waals surface area contributed by atoms with Gasteiger partial charge >= 0.3 is 0 Å². The molecule has 2 aromatic rings. The Kier molecular flexibility index (Phi) is 2.84. The lowest BCUT2D eigenvalue weighted by Gasteiger charge is -1.98. The molecule has 3 heteroatoms. The van der Waals surface area contributed by atoms with Crippen LogP contribution in [0.4, 0.5) is 0 Å². The van der Waals surface area contributed by atoms with Gasteiger partial charge in [-0.25, -0.2) is 0 Å². The van der Waals surface area contributed by atoms with Crippen LogP contribution in [0, 0.1) is 18.3 Å². The zero-order valence-electron chi connectivity index (χ0n) is 8.73. The van der Waals surface area contributed by atoms with Gasteiger partial charge in [-0.05, 0) is 6.92 Å². The fourth-order valence-electron chi connectivity index (χ4n) is 1.51. The van der Waals surface area contributed by atoms with Crippen molar-refractivity contribution in [3.05, 3.63) is 57.3 Å². The Bertz CT molecular complexity index is 563. The summed E-state index contributed by atoms with van der Waals surface area (Å²) in [4.78, 5) is 13.0. The van der Waals surface area contributed by atoms with Crippen molar-refractivity contribution in [2.24, 2.45) is 0 Å². The lowest BCUT2D eigenvalue weighted by Crippen LogP contribution is -2.01. The molecular formula is C13H9NOS. The summed E-state index contributed by atoms with van der Waals surface area (Å²) in [5.74, 6) is -0.0819. The fourth-order valence-corrected chi connectivity index (χ4v) is 2.30. The molecule has 0 bridgehead atoms. The van der Waals surface area contributed by atoms with Crippen LogP contribution in [-0.2, 0) is 0 Å². The van der Waals surface area contributed by atoms with E-state index in [1.54, 1.807) is 17.5 Å². The summed E-state index contributed by atoms with van der Waals surface area (Å²) in [6.45, 7) is 1.85. The second-order valence-electron chi connectivity index (χ2n) is 3.39. The number of benzene rings is 1. The first-order chi connectivity index (χ1) is 7.74. The maximum atomic E-state index is 12.1. The summed E-state index contributed by atoms with van der Waals surface area (Å²) in [5.41, 5.74) is 1.63. The molecule has 0 saturated heterocycles. The summed E-state index contributed by atoms with van der Waals surface area (Å²) in [6.07, 6.45) is 0. The number of nitrogens with zero attached hydrogens (tertiary/aromatic N) is 1. The maximum Gasteiger partial charge on any atom is 0.195 e. The molecule has 0 aliphatic rings. The molecule has 78 valence electrons. The minimum atomic E-state index is -0.0819. The van der Waals surface area contributed by atoms with E-state index in [-0.39, 0.29) is 5.78 Å². The molecule has 1 aromatic heterocycles. The number of carbonyl (C=O) groups is 1. The number of thiophene rings is 1. The van der Waals surface area contributed by atoms with E-state index in [1.165, 1.54) is 11.3 Å². The molecule has 0 aliphatic heterocycles. The van der Waals surface area contributed by atoms with Crippen molar-refractivity contribution in [2.75, 3.05) is 0 Å². The molecule has 0 N–H and O–H groups in total. The number of hydrogen-bond donors (Lipinski definition) is 0. The summed E-state index contributed by atoms with van der Waals surface area (Å²) in [5, 5.41) is 10.7. The van der Waals surface area contributed by atoms with Crippen LogP contribution in [0.2, 0.25) is 0 Å². The molecule has 0 radical (unpaired) electrons. The van der Waals surface area contributed by atoms with Crippen molar-refractivity contribution in [2.45, 2.75) is 6.92 Å². The summed E-state index contributed by atoms with van der Waals surface area (Å²) >= 11 is 1.44. The van der Waals surface area contributed by atoms with E-state index >= 15 is 0 Å². The van der Waals surface area contributed by atoms with Crippen LogP contribution in [0.25, 0.3) is 0 Å². The van der Waals surface area contributed by atoms with Gasteiger partial charge in [0.25, 0.3) is 0 Å². The van der Waals surface area contributed by atoms with Crippen LogP contribution in [0.15, 0.2) is 35.7 Å². The van der Waals surface area contributed by atoms with E-state index in [4.69, 9.17) is 5.26 Å². The quantitative estimate of drug-likeness (QED) is 0.739. The van der Waals surface area contributed by atoms with Gasteiger partial charge in [-0.2, -0.15) is 5.26 Å². The number of ketones is 1. The predicted octanol–water partition coefficient (Wildman–Crippen LogP) is 3.16. The Morgan fingerprint density at radius 2 is 2.00 bits per heavy atom. The van der Waals surface area contributed by atoms with Crippen LogP contribution in [0.1, 0.15) is 26.4 Å². The Balaban J connectivity index is 2.47. The molecule has 0 aliphatic carbocycles. The average Bonchev–Trinajstić information content (AvgIpc) is 2.70.